The number of anilines is 3. The number of pyridine rings is 1. The number of hydrogen-bond acceptors (Lipinski definition) is 5. The van der Waals surface area contributed by atoms with E-state index in [4.69, 9.17) is 15.0 Å². The Hall–Kier alpha value is -7.24. The van der Waals surface area contributed by atoms with Crippen molar-refractivity contribution >= 4 is 28.1 Å². The Kier molecular flexibility index (Phi) is 6.70. The van der Waals surface area contributed by atoms with Crippen LogP contribution < -0.4 is 4.90 Å². The van der Waals surface area contributed by atoms with Crippen molar-refractivity contribution in [2.45, 2.75) is 5.41 Å². The summed E-state index contributed by atoms with van der Waals surface area (Å²) in [5, 5.41) is 2.26. The monoisotopic (exact) mass is 689 g/mol. The highest BCUT2D eigenvalue weighted by Gasteiger charge is 2.47. The van der Waals surface area contributed by atoms with Crippen molar-refractivity contribution in [3.05, 3.63) is 211 Å². The van der Waals surface area contributed by atoms with Gasteiger partial charge in [0.05, 0.1) is 22.5 Å². The zero-order chi connectivity index (χ0) is 35.6. The predicted octanol–water partition coefficient (Wildman–Crippen LogP) is 11.6. The maximum absolute atomic E-state index is 5.18. The van der Waals surface area contributed by atoms with Crippen LogP contribution in [0, 0.1) is 0 Å². The Morgan fingerprint density at radius 3 is 1.91 bits per heavy atom. The molecule has 0 atom stereocenters. The summed E-state index contributed by atoms with van der Waals surface area (Å²) >= 11 is 0. The van der Waals surface area contributed by atoms with E-state index in [9.17, 15) is 0 Å². The first-order valence-electron chi connectivity index (χ1n) is 18.2. The van der Waals surface area contributed by atoms with Gasteiger partial charge in [0.15, 0.2) is 5.82 Å². The molecule has 1 aliphatic carbocycles. The highest BCUT2D eigenvalue weighted by molar-refractivity contribution is 6.17. The number of hydrogen-bond donors (Lipinski definition) is 0. The molecule has 5 nitrogen and oxygen atoms in total. The van der Waals surface area contributed by atoms with Crippen molar-refractivity contribution < 1.29 is 0 Å². The fourth-order valence-corrected chi connectivity index (χ4v) is 8.89. The molecule has 3 heterocycles. The van der Waals surface area contributed by atoms with Gasteiger partial charge in [-0.15, -0.1) is 0 Å². The molecule has 5 heteroatoms. The predicted molar refractivity (Wildman–Crippen MR) is 217 cm³/mol. The van der Waals surface area contributed by atoms with E-state index in [1.807, 2.05) is 48.7 Å². The van der Waals surface area contributed by atoms with Gasteiger partial charge < -0.3 is 0 Å². The Morgan fingerprint density at radius 1 is 0.444 bits per heavy atom. The molecule has 54 heavy (non-hydrogen) atoms. The molecule has 0 saturated carbocycles. The molecule has 0 amide bonds. The third kappa shape index (κ3) is 4.33. The Bertz CT molecular complexity index is 2840. The van der Waals surface area contributed by atoms with E-state index in [0.29, 0.717) is 11.8 Å². The largest absolute Gasteiger partial charge is 0.278 e. The molecule has 7 aromatic carbocycles. The molecule has 11 rings (SSSR count). The summed E-state index contributed by atoms with van der Waals surface area (Å²) in [4.78, 5) is 21.7. The summed E-state index contributed by atoms with van der Waals surface area (Å²) < 4.78 is 0. The molecule has 0 spiro atoms. The molecule has 2 aliphatic rings. The van der Waals surface area contributed by atoms with Crippen LogP contribution in [0.25, 0.3) is 55.7 Å². The molecule has 2 aromatic heterocycles. The maximum Gasteiger partial charge on any atom is 0.238 e. The second-order valence-corrected chi connectivity index (χ2v) is 13.8. The van der Waals surface area contributed by atoms with Gasteiger partial charge in [0.2, 0.25) is 5.95 Å². The van der Waals surface area contributed by atoms with Crippen molar-refractivity contribution in [2.24, 2.45) is 0 Å². The number of benzene rings is 7. The van der Waals surface area contributed by atoms with E-state index in [-0.39, 0.29) is 0 Å². The lowest BCUT2D eigenvalue weighted by atomic mass is 9.67. The van der Waals surface area contributed by atoms with Gasteiger partial charge in [0.25, 0.3) is 0 Å². The third-order valence-corrected chi connectivity index (χ3v) is 11.1. The molecule has 0 fully saturated rings. The van der Waals surface area contributed by atoms with Crippen LogP contribution in [-0.4, -0.2) is 19.9 Å². The van der Waals surface area contributed by atoms with Crippen LogP contribution in [0.4, 0.5) is 17.3 Å². The Labute approximate surface area is 313 Å². The highest BCUT2D eigenvalue weighted by atomic mass is 15.3. The molecule has 0 radical (unpaired) electrons. The van der Waals surface area contributed by atoms with E-state index < -0.39 is 5.41 Å². The smallest absolute Gasteiger partial charge is 0.238 e. The van der Waals surface area contributed by atoms with Crippen molar-refractivity contribution in [2.75, 3.05) is 4.90 Å². The lowest BCUT2D eigenvalue weighted by Gasteiger charge is -2.36. The zero-order valence-electron chi connectivity index (χ0n) is 29.1. The molecular formula is C49H31N5. The van der Waals surface area contributed by atoms with Gasteiger partial charge in [-0.2, -0.15) is 4.98 Å². The van der Waals surface area contributed by atoms with E-state index in [1.54, 1.807) is 6.33 Å². The molecule has 252 valence electrons. The van der Waals surface area contributed by atoms with Crippen LogP contribution in [0.1, 0.15) is 22.3 Å². The van der Waals surface area contributed by atoms with Crippen LogP contribution in [0.2, 0.25) is 0 Å². The minimum Gasteiger partial charge on any atom is -0.278 e. The second kappa shape index (κ2) is 11.9. The van der Waals surface area contributed by atoms with Crippen LogP contribution in [0.15, 0.2) is 188 Å². The Morgan fingerprint density at radius 2 is 1.15 bits per heavy atom. The zero-order valence-corrected chi connectivity index (χ0v) is 29.1. The quantitative estimate of drug-likeness (QED) is 0.180. The van der Waals surface area contributed by atoms with E-state index in [1.165, 1.54) is 38.9 Å². The SMILES string of the molecule is c1ccc(-c2ncnc(N3c4cc5c(cc4-c4cccc6c(-c7ccccn7)ccc3c46)-c3ccccc3C5(c3ccccc3)c3ccccc3)n2)cc1. The second-order valence-electron chi connectivity index (χ2n) is 13.8. The Balaban J connectivity index is 1.26. The lowest BCUT2D eigenvalue weighted by molar-refractivity contribution is 0.768. The normalized spacial score (nSPS) is 13.3. The van der Waals surface area contributed by atoms with Crippen LogP contribution in [0.3, 0.4) is 0 Å². The van der Waals surface area contributed by atoms with Crippen molar-refractivity contribution in [3.8, 4) is 44.9 Å². The summed E-state index contributed by atoms with van der Waals surface area (Å²) in [7, 11) is 0. The lowest BCUT2D eigenvalue weighted by Crippen LogP contribution is -2.29. The van der Waals surface area contributed by atoms with Gasteiger partial charge >= 0.3 is 0 Å². The molecule has 0 unspecified atom stereocenters. The minimum atomic E-state index is -0.557. The molecular weight excluding hydrogens is 659 g/mol. The first-order chi connectivity index (χ1) is 26.8. The number of nitrogens with zero attached hydrogens (tertiary/aromatic N) is 5. The van der Waals surface area contributed by atoms with E-state index in [2.05, 4.69) is 143 Å². The van der Waals surface area contributed by atoms with Crippen molar-refractivity contribution in [3.63, 3.8) is 0 Å². The molecule has 1 aliphatic heterocycles. The fraction of sp³-hybridized carbons (Fsp3) is 0.0204. The highest BCUT2D eigenvalue weighted by Crippen LogP contribution is 2.60. The average molecular weight is 690 g/mol. The summed E-state index contributed by atoms with van der Waals surface area (Å²) in [6, 6.07) is 62.8. The standard InChI is InChI=1S/C49H31N5/c1-4-15-32(16-5-1)47-51-31-52-48(53-47)54-44-27-26-36(43-25-12-13-28-50-43)37-22-14-23-38(46(37)44)40-29-39-35-21-10-11-24-41(35)49(42(39)30-45(40)54,33-17-6-2-7-18-33)34-19-8-3-9-20-34/h1-31H. The summed E-state index contributed by atoms with van der Waals surface area (Å²) in [6.45, 7) is 0. The fourth-order valence-electron chi connectivity index (χ4n) is 8.89. The summed E-state index contributed by atoms with van der Waals surface area (Å²) in [6.07, 6.45) is 3.49. The summed E-state index contributed by atoms with van der Waals surface area (Å²) in [5.41, 5.74) is 14.1. The van der Waals surface area contributed by atoms with Crippen LogP contribution in [-0.2, 0) is 5.41 Å². The topological polar surface area (TPSA) is 54.8 Å². The van der Waals surface area contributed by atoms with Gasteiger partial charge in [-0.3, -0.25) is 9.88 Å². The third-order valence-electron chi connectivity index (χ3n) is 11.1. The van der Waals surface area contributed by atoms with Crippen LogP contribution in [0.5, 0.6) is 0 Å². The van der Waals surface area contributed by atoms with Gasteiger partial charge in [0.1, 0.15) is 6.33 Å². The first-order valence-corrected chi connectivity index (χ1v) is 18.2. The van der Waals surface area contributed by atoms with Crippen LogP contribution >= 0.6 is 0 Å². The van der Waals surface area contributed by atoms with Gasteiger partial charge in [0, 0.05) is 28.3 Å². The van der Waals surface area contributed by atoms with Gasteiger partial charge in [-0.1, -0.05) is 146 Å². The van der Waals surface area contributed by atoms with E-state index >= 15 is 0 Å². The number of aromatic nitrogens is 4. The van der Waals surface area contributed by atoms with Crippen molar-refractivity contribution in [1.29, 1.82) is 0 Å². The van der Waals surface area contributed by atoms with Gasteiger partial charge in [-0.25, -0.2) is 9.97 Å². The summed E-state index contributed by atoms with van der Waals surface area (Å²) in [5.74, 6) is 1.19. The molecule has 0 N–H and O–H groups in total. The van der Waals surface area contributed by atoms with Gasteiger partial charge in [-0.05, 0) is 74.7 Å². The number of rotatable bonds is 5. The number of fused-ring (bicyclic) bond motifs is 5. The minimum absolute atomic E-state index is 0.557. The van der Waals surface area contributed by atoms with E-state index in [0.717, 1.165) is 44.5 Å². The molecule has 0 saturated heterocycles. The maximum atomic E-state index is 5.18. The van der Waals surface area contributed by atoms with Crippen molar-refractivity contribution in [1.82, 2.24) is 19.9 Å². The first kappa shape index (κ1) is 30.4. The average Bonchev–Trinajstić information content (AvgIpc) is 3.54. The molecule has 0 bridgehead atoms. The molecule has 9 aromatic rings.